The van der Waals surface area contributed by atoms with Crippen LogP contribution in [0.5, 0.6) is 0 Å². The lowest BCUT2D eigenvalue weighted by Crippen LogP contribution is -2.31. The highest BCUT2D eigenvalue weighted by atomic mass is 32.2. The minimum absolute atomic E-state index is 0.0614. The summed E-state index contributed by atoms with van der Waals surface area (Å²) in [6, 6.07) is 2.97. The maximum absolute atomic E-state index is 12.7. The van der Waals surface area contributed by atoms with E-state index in [2.05, 4.69) is 4.74 Å². The van der Waals surface area contributed by atoms with Crippen LogP contribution in [0.4, 0.5) is 8.78 Å². The molecule has 1 aliphatic heterocycles. The normalized spacial score (nSPS) is 18.4. The maximum Gasteiger partial charge on any atom is 0.345 e. The first-order valence-corrected chi connectivity index (χ1v) is 9.24. The van der Waals surface area contributed by atoms with Gasteiger partial charge >= 0.3 is 6.61 Å². The average Bonchev–Trinajstić information content (AvgIpc) is 2.96. The summed E-state index contributed by atoms with van der Waals surface area (Å²) in [5.41, 5.74) is 1.47. The highest BCUT2D eigenvalue weighted by Gasteiger charge is 2.31. The van der Waals surface area contributed by atoms with E-state index in [1.54, 1.807) is 19.9 Å². The number of hydrogen-bond donors (Lipinski definition) is 0. The molecule has 0 unspecified atom stereocenters. The van der Waals surface area contributed by atoms with Crippen LogP contribution in [0.25, 0.3) is 0 Å². The number of alkyl halides is 2. The van der Waals surface area contributed by atoms with Gasteiger partial charge in [-0.05, 0) is 43.5 Å². The monoisotopic (exact) mass is 376 g/mol. The summed E-state index contributed by atoms with van der Waals surface area (Å²) in [5, 5.41) is 0. The molecule has 1 amide bonds. The predicted molar refractivity (Wildman–Crippen MR) is 88.2 cm³/mol. The van der Waals surface area contributed by atoms with Crippen LogP contribution in [0, 0.1) is 13.8 Å². The molecule has 0 bridgehead atoms. The minimum atomic E-state index is -3.70. The van der Waals surface area contributed by atoms with Crippen LogP contribution >= 0.6 is 0 Å². The van der Waals surface area contributed by atoms with Gasteiger partial charge in [-0.25, -0.2) is 12.7 Å². The third kappa shape index (κ3) is 4.16. The Morgan fingerprint density at radius 2 is 1.96 bits per heavy atom. The molecule has 0 aromatic heterocycles. The Kier molecular flexibility index (Phi) is 5.80. The Morgan fingerprint density at radius 3 is 2.52 bits per heavy atom. The zero-order valence-electron chi connectivity index (χ0n) is 14.6. The number of hydrogen-bond acceptors (Lipinski definition) is 4. The molecule has 1 fully saturated rings. The summed E-state index contributed by atoms with van der Waals surface area (Å²) in [7, 11) is -0.854. The first kappa shape index (κ1) is 19.7. The molecular weight excluding hydrogens is 354 g/mol. The largest absolute Gasteiger partial charge is 0.345 e. The molecule has 0 spiro atoms. The zero-order valence-corrected chi connectivity index (χ0v) is 15.4. The van der Waals surface area contributed by atoms with Crippen LogP contribution in [0.3, 0.4) is 0 Å². The van der Waals surface area contributed by atoms with Crippen molar-refractivity contribution in [1.82, 2.24) is 9.21 Å². The number of aryl methyl sites for hydroxylation is 1. The fraction of sp³-hybridized carbons (Fsp3) is 0.562. The van der Waals surface area contributed by atoms with Crippen LogP contribution < -0.4 is 0 Å². The van der Waals surface area contributed by atoms with E-state index in [1.807, 2.05) is 0 Å². The standard InChI is InChI=1S/C16H22F2N2O4S/c1-10-7-12(8-14(11(10)2)25(22,23)19(3)4)15(21)20-6-5-13(9-20)24-16(17)18/h7-8,13,16H,5-6,9H2,1-4H3/t13-/m0/s1. The molecule has 1 atom stereocenters. The quantitative estimate of drug-likeness (QED) is 0.788. The summed E-state index contributed by atoms with van der Waals surface area (Å²) < 4.78 is 55.1. The van der Waals surface area contributed by atoms with Crippen molar-refractivity contribution in [3.63, 3.8) is 0 Å². The van der Waals surface area contributed by atoms with Crippen molar-refractivity contribution in [2.45, 2.75) is 37.9 Å². The number of carbonyl (C=O) groups is 1. The second kappa shape index (κ2) is 7.35. The van der Waals surface area contributed by atoms with Gasteiger partial charge < -0.3 is 9.64 Å². The van der Waals surface area contributed by atoms with Crippen molar-refractivity contribution >= 4 is 15.9 Å². The first-order chi connectivity index (χ1) is 11.5. The fourth-order valence-electron chi connectivity index (χ4n) is 2.77. The molecule has 140 valence electrons. The molecule has 1 heterocycles. The molecule has 1 aliphatic rings. The van der Waals surface area contributed by atoms with Crippen LogP contribution in [0.15, 0.2) is 17.0 Å². The number of benzene rings is 1. The van der Waals surface area contributed by atoms with Gasteiger partial charge in [0.1, 0.15) is 0 Å². The summed E-state index contributed by atoms with van der Waals surface area (Å²) in [5.74, 6) is -0.390. The number of carbonyl (C=O) groups excluding carboxylic acids is 1. The van der Waals surface area contributed by atoms with Crippen molar-refractivity contribution in [3.05, 3.63) is 28.8 Å². The second-order valence-corrected chi connectivity index (χ2v) is 8.38. The van der Waals surface area contributed by atoms with Gasteiger partial charge in [0.2, 0.25) is 10.0 Å². The molecule has 9 heteroatoms. The summed E-state index contributed by atoms with van der Waals surface area (Å²) >= 11 is 0. The van der Waals surface area contributed by atoms with Gasteiger partial charge in [0.05, 0.1) is 11.0 Å². The number of sulfonamides is 1. The van der Waals surface area contributed by atoms with Gasteiger partial charge in [-0.1, -0.05) is 0 Å². The van der Waals surface area contributed by atoms with Crippen LogP contribution in [0.2, 0.25) is 0 Å². The lowest BCUT2D eigenvalue weighted by atomic mass is 10.1. The van der Waals surface area contributed by atoms with Crippen molar-refractivity contribution in [3.8, 4) is 0 Å². The Morgan fingerprint density at radius 1 is 1.32 bits per heavy atom. The minimum Gasteiger partial charge on any atom is -0.336 e. The van der Waals surface area contributed by atoms with Gasteiger partial charge in [0, 0.05) is 32.7 Å². The van der Waals surface area contributed by atoms with E-state index in [0.29, 0.717) is 24.1 Å². The lowest BCUT2D eigenvalue weighted by Gasteiger charge is -2.20. The van der Waals surface area contributed by atoms with E-state index in [9.17, 15) is 22.0 Å². The zero-order chi connectivity index (χ0) is 18.9. The number of likely N-dealkylation sites (tertiary alicyclic amines) is 1. The molecule has 1 saturated heterocycles. The van der Waals surface area contributed by atoms with Crippen LogP contribution in [0.1, 0.15) is 27.9 Å². The van der Waals surface area contributed by atoms with Crippen molar-refractivity contribution in [1.29, 1.82) is 0 Å². The van der Waals surface area contributed by atoms with Crippen LogP contribution in [-0.4, -0.2) is 63.4 Å². The third-order valence-electron chi connectivity index (χ3n) is 4.35. The van der Waals surface area contributed by atoms with E-state index in [1.165, 1.54) is 25.1 Å². The molecule has 0 N–H and O–H groups in total. The van der Waals surface area contributed by atoms with E-state index in [4.69, 9.17) is 0 Å². The van der Waals surface area contributed by atoms with E-state index < -0.39 is 28.6 Å². The average molecular weight is 376 g/mol. The van der Waals surface area contributed by atoms with E-state index in [0.717, 1.165) is 4.31 Å². The molecule has 25 heavy (non-hydrogen) atoms. The van der Waals surface area contributed by atoms with Crippen molar-refractivity contribution < 1.29 is 26.7 Å². The lowest BCUT2D eigenvalue weighted by molar-refractivity contribution is -0.158. The summed E-state index contributed by atoms with van der Waals surface area (Å²) in [6.07, 6.45) is -0.385. The Hall–Kier alpha value is -1.58. The van der Waals surface area contributed by atoms with Gasteiger partial charge in [-0.3, -0.25) is 4.79 Å². The highest BCUT2D eigenvalue weighted by Crippen LogP contribution is 2.25. The molecule has 1 aromatic rings. The fourth-order valence-corrected chi connectivity index (χ4v) is 3.98. The smallest absolute Gasteiger partial charge is 0.336 e. The second-order valence-electron chi connectivity index (χ2n) is 6.26. The molecule has 2 rings (SSSR count). The Bertz CT molecular complexity index is 766. The number of nitrogens with zero attached hydrogens (tertiary/aromatic N) is 2. The number of rotatable bonds is 5. The maximum atomic E-state index is 12.7. The Labute approximate surface area is 146 Å². The number of amides is 1. The van der Waals surface area contributed by atoms with E-state index in [-0.39, 0.29) is 17.0 Å². The Balaban J connectivity index is 2.32. The molecular formula is C16H22F2N2O4S. The number of ether oxygens (including phenoxy) is 1. The summed E-state index contributed by atoms with van der Waals surface area (Å²) in [4.78, 5) is 14.1. The molecule has 0 radical (unpaired) electrons. The molecule has 0 saturated carbocycles. The van der Waals surface area contributed by atoms with Gasteiger partial charge in [-0.15, -0.1) is 0 Å². The van der Waals surface area contributed by atoms with E-state index >= 15 is 0 Å². The number of halogens is 2. The third-order valence-corrected chi connectivity index (χ3v) is 6.29. The molecule has 0 aliphatic carbocycles. The summed E-state index contributed by atoms with van der Waals surface area (Å²) in [6.45, 7) is 0.888. The molecule has 1 aromatic carbocycles. The predicted octanol–water partition coefficient (Wildman–Crippen LogP) is 2.01. The van der Waals surface area contributed by atoms with Crippen LogP contribution in [-0.2, 0) is 14.8 Å². The van der Waals surface area contributed by atoms with Gasteiger partial charge in [-0.2, -0.15) is 8.78 Å². The van der Waals surface area contributed by atoms with Crippen molar-refractivity contribution in [2.75, 3.05) is 27.2 Å². The van der Waals surface area contributed by atoms with Gasteiger partial charge in [0.15, 0.2) is 0 Å². The molecule has 6 nitrogen and oxygen atoms in total. The van der Waals surface area contributed by atoms with Gasteiger partial charge in [0.25, 0.3) is 5.91 Å². The first-order valence-electron chi connectivity index (χ1n) is 7.80. The SMILES string of the molecule is Cc1cc(C(=O)N2CC[C@H](OC(F)F)C2)cc(S(=O)(=O)N(C)C)c1C. The topological polar surface area (TPSA) is 66.9 Å². The highest BCUT2D eigenvalue weighted by molar-refractivity contribution is 7.89. The van der Waals surface area contributed by atoms with Crippen molar-refractivity contribution in [2.24, 2.45) is 0 Å².